The number of hydrogen-bond donors (Lipinski definition) is 1. The zero-order valence-electron chi connectivity index (χ0n) is 21.4. The van der Waals surface area contributed by atoms with Gasteiger partial charge in [0.1, 0.15) is 18.0 Å². The van der Waals surface area contributed by atoms with Gasteiger partial charge < -0.3 is 23.6 Å². The zero-order valence-corrected chi connectivity index (χ0v) is 21.4. The topological polar surface area (TPSA) is 108 Å². The van der Waals surface area contributed by atoms with E-state index in [1.54, 1.807) is 31.4 Å². The van der Waals surface area contributed by atoms with Gasteiger partial charge in [-0.15, -0.1) is 0 Å². The third-order valence-corrected chi connectivity index (χ3v) is 7.68. The van der Waals surface area contributed by atoms with Crippen molar-refractivity contribution in [1.82, 2.24) is 5.32 Å². The minimum absolute atomic E-state index is 0.119. The Hall–Kier alpha value is -3.91. The Kier molecular flexibility index (Phi) is 6.27. The molecule has 3 aromatic rings. The molecule has 1 aromatic carbocycles. The Morgan fingerprint density at radius 1 is 1.13 bits per heavy atom. The van der Waals surface area contributed by atoms with Gasteiger partial charge in [0, 0.05) is 41.5 Å². The maximum absolute atomic E-state index is 13.8. The molecule has 0 saturated carbocycles. The quantitative estimate of drug-likeness (QED) is 0.484. The Balaban J connectivity index is 1.45. The van der Waals surface area contributed by atoms with Gasteiger partial charge in [-0.05, 0) is 57.4 Å². The fourth-order valence-corrected chi connectivity index (χ4v) is 5.83. The third kappa shape index (κ3) is 4.28. The maximum Gasteiger partial charge on any atom is 0.336 e. The molecule has 8 nitrogen and oxygen atoms in total. The molecule has 2 aliphatic heterocycles. The van der Waals surface area contributed by atoms with E-state index in [1.807, 2.05) is 19.1 Å². The molecule has 4 heterocycles. The van der Waals surface area contributed by atoms with Crippen LogP contribution in [-0.4, -0.2) is 31.1 Å². The lowest BCUT2D eigenvalue weighted by molar-refractivity contribution is -0.142. The van der Waals surface area contributed by atoms with Gasteiger partial charge in [-0.2, -0.15) is 0 Å². The second kappa shape index (κ2) is 9.76. The Morgan fingerprint density at radius 3 is 2.76 bits per heavy atom. The number of allylic oxidation sites excluding steroid dienone is 3. The number of dihydropyridines is 1. The minimum atomic E-state index is -0.908. The highest BCUT2D eigenvalue weighted by atomic mass is 16.6. The molecule has 1 aliphatic carbocycles. The average molecular weight is 516 g/mol. The van der Waals surface area contributed by atoms with Crippen molar-refractivity contribution in [3.05, 3.63) is 92.5 Å². The van der Waals surface area contributed by atoms with Gasteiger partial charge in [0.2, 0.25) is 0 Å². The summed E-state index contributed by atoms with van der Waals surface area (Å²) < 4.78 is 22.8. The van der Waals surface area contributed by atoms with E-state index in [0.29, 0.717) is 41.0 Å². The summed E-state index contributed by atoms with van der Waals surface area (Å²) >= 11 is 0. The highest BCUT2D eigenvalue weighted by Crippen LogP contribution is 2.45. The lowest BCUT2D eigenvalue weighted by atomic mass is 9.72. The van der Waals surface area contributed by atoms with Crippen LogP contribution < -0.4 is 10.7 Å². The molecule has 0 amide bonds. The first kappa shape index (κ1) is 24.4. The van der Waals surface area contributed by atoms with Crippen molar-refractivity contribution in [2.24, 2.45) is 0 Å². The van der Waals surface area contributed by atoms with Crippen LogP contribution in [0.5, 0.6) is 0 Å². The molecule has 1 N–H and O–H groups in total. The molecule has 0 spiro atoms. The van der Waals surface area contributed by atoms with Crippen molar-refractivity contribution in [3.63, 3.8) is 0 Å². The van der Waals surface area contributed by atoms with Crippen LogP contribution in [0.3, 0.4) is 0 Å². The van der Waals surface area contributed by atoms with Crippen LogP contribution in [0.1, 0.15) is 61.3 Å². The number of ketones is 1. The first-order valence-electron chi connectivity index (χ1n) is 13.0. The summed E-state index contributed by atoms with van der Waals surface area (Å²) in [7, 11) is 0. The first-order valence-corrected chi connectivity index (χ1v) is 13.0. The van der Waals surface area contributed by atoms with Gasteiger partial charge in [0.25, 0.3) is 0 Å². The van der Waals surface area contributed by atoms with Crippen molar-refractivity contribution < 1.29 is 27.9 Å². The predicted octanol–water partition coefficient (Wildman–Crippen LogP) is 4.78. The number of nitrogens with one attached hydrogen (secondary N) is 1. The first-order chi connectivity index (χ1) is 18.4. The van der Waals surface area contributed by atoms with Crippen molar-refractivity contribution >= 4 is 22.7 Å². The molecule has 0 bridgehead atoms. The standard InChI is InChI=1S/C30H29NO7/c1-16-7-8-25-20(11-16)29(33)21(15-37-25)27-26(30(34)38-14-19-5-3-9-35-19)17(2)31-22-12-18(13-23(32)28(22)27)24-6-4-10-36-24/h4,6-8,10-11,15,18-19,27,31H,3,5,9,12-14H2,1-2H3/t18-,19-,27-/m0/s1. The second-order valence-electron chi connectivity index (χ2n) is 10.3. The second-order valence-corrected chi connectivity index (χ2v) is 10.3. The predicted molar refractivity (Wildman–Crippen MR) is 138 cm³/mol. The number of carbonyl (C=O) groups is 2. The molecular weight excluding hydrogens is 486 g/mol. The molecular formula is C30H29NO7. The van der Waals surface area contributed by atoms with Crippen LogP contribution in [0.25, 0.3) is 11.0 Å². The molecule has 1 saturated heterocycles. The van der Waals surface area contributed by atoms with Gasteiger partial charge in [-0.1, -0.05) is 11.6 Å². The summed E-state index contributed by atoms with van der Waals surface area (Å²) in [5.41, 5.74) is 3.20. The van der Waals surface area contributed by atoms with E-state index in [2.05, 4.69) is 5.32 Å². The van der Waals surface area contributed by atoms with Gasteiger partial charge in [-0.3, -0.25) is 9.59 Å². The number of hydrogen-bond acceptors (Lipinski definition) is 8. The molecule has 3 atom stereocenters. The van der Waals surface area contributed by atoms with Crippen molar-refractivity contribution in [3.8, 4) is 0 Å². The third-order valence-electron chi connectivity index (χ3n) is 7.68. The Morgan fingerprint density at radius 2 is 2.00 bits per heavy atom. The molecule has 8 heteroatoms. The molecule has 0 radical (unpaired) electrons. The summed E-state index contributed by atoms with van der Waals surface area (Å²) in [4.78, 5) is 41.1. The number of esters is 1. The number of rotatable bonds is 5. The highest BCUT2D eigenvalue weighted by molar-refractivity contribution is 6.04. The molecule has 6 rings (SSSR count). The van der Waals surface area contributed by atoms with E-state index >= 15 is 0 Å². The maximum atomic E-state index is 13.8. The SMILES string of the molecule is CC1=C(C(=O)OC[C@@H]2CCCO2)[C@H](c2coc3ccc(C)cc3c2=O)C2=C(C[C@H](c3ccco3)CC2=O)N1. The van der Waals surface area contributed by atoms with Crippen LogP contribution >= 0.6 is 0 Å². The number of benzene rings is 1. The summed E-state index contributed by atoms with van der Waals surface area (Å²) in [6.07, 6.45) is 5.29. The normalized spacial score (nSPS) is 23.5. The van der Waals surface area contributed by atoms with Crippen LogP contribution in [0.15, 0.2) is 79.0 Å². The Bertz CT molecular complexity index is 1540. The van der Waals surface area contributed by atoms with E-state index in [4.69, 9.17) is 18.3 Å². The van der Waals surface area contributed by atoms with Crippen LogP contribution in [-0.2, 0) is 19.1 Å². The van der Waals surface area contributed by atoms with Crippen molar-refractivity contribution in [2.45, 2.75) is 57.5 Å². The largest absolute Gasteiger partial charge is 0.469 e. The van der Waals surface area contributed by atoms with E-state index < -0.39 is 11.9 Å². The van der Waals surface area contributed by atoms with Gasteiger partial charge in [-0.25, -0.2) is 4.79 Å². The van der Waals surface area contributed by atoms with E-state index in [9.17, 15) is 14.4 Å². The fraction of sp³-hybridized carbons (Fsp3) is 0.367. The van der Waals surface area contributed by atoms with Gasteiger partial charge >= 0.3 is 5.97 Å². The number of carbonyl (C=O) groups excluding carboxylic acids is 2. The number of fused-ring (bicyclic) bond motifs is 1. The molecule has 1 fully saturated rings. The van der Waals surface area contributed by atoms with E-state index in [0.717, 1.165) is 24.2 Å². The summed E-state index contributed by atoms with van der Waals surface area (Å²) in [5, 5.41) is 3.70. The van der Waals surface area contributed by atoms with Gasteiger partial charge in [0.05, 0.1) is 35.5 Å². The number of furan rings is 1. The Labute approximate surface area is 219 Å². The fourth-order valence-electron chi connectivity index (χ4n) is 5.83. The summed E-state index contributed by atoms with van der Waals surface area (Å²) in [6.45, 7) is 4.43. The molecule has 0 unspecified atom stereocenters. The minimum Gasteiger partial charge on any atom is -0.469 e. The summed E-state index contributed by atoms with van der Waals surface area (Å²) in [6, 6.07) is 9.05. The average Bonchev–Trinajstić information content (AvgIpc) is 3.62. The highest BCUT2D eigenvalue weighted by Gasteiger charge is 2.43. The molecule has 3 aliphatic rings. The lowest BCUT2D eigenvalue weighted by Gasteiger charge is -2.35. The van der Waals surface area contributed by atoms with E-state index in [-0.39, 0.29) is 47.4 Å². The van der Waals surface area contributed by atoms with Crippen molar-refractivity contribution in [1.29, 1.82) is 0 Å². The van der Waals surface area contributed by atoms with Gasteiger partial charge in [0.15, 0.2) is 11.2 Å². The molecule has 196 valence electrons. The molecule has 38 heavy (non-hydrogen) atoms. The van der Waals surface area contributed by atoms with Crippen LogP contribution in [0, 0.1) is 6.92 Å². The number of ether oxygens (including phenoxy) is 2. The summed E-state index contributed by atoms with van der Waals surface area (Å²) in [5.74, 6) is -1.04. The molecule has 2 aromatic heterocycles. The van der Waals surface area contributed by atoms with Crippen molar-refractivity contribution in [2.75, 3.05) is 13.2 Å². The monoisotopic (exact) mass is 515 g/mol. The number of Topliss-reactive ketones (excluding diaryl/α,β-unsaturated/α-hetero) is 1. The zero-order chi connectivity index (χ0) is 26.4. The number of aryl methyl sites for hydroxylation is 1. The smallest absolute Gasteiger partial charge is 0.336 e. The van der Waals surface area contributed by atoms with Crippen LogP contribution in [0.2, 0.25) is 0 Å². The van der Waals surface area contributed by atoms with E-state index in [1.165, 1.54) is 6.26 Å². The lowest BCUT2D eigenvalue weighted by Crippen LogP contribution is -2.37. The van der Waals surface area contributed by atoms with Crippen LogP contribution in [0.4, 0.5) is 0 Å².